The molecule has 2 rings (SSSR count). The number of aryl methyl sites for hydroxylation is 1. The van der Waals surface area contributed by atoms with Crippen molar-refractivity contribution in [3.8, 4) is 0 Å². The molecule has 0 spiro atoms. The number of nitrogens with one attached hydrogen (secondary N) is 1. The zero-order valence-electron chi connectivity index (χ0n) is 12.3. The molecule has 2 unspecified atom stereocenters. The summed E-state index contributed by atoms with van der Waals surface area (Å²) in [5.74, 6) is 0. The molecule has 106 valence electrons. The quantitative estimate of drug-likeness (QED) is 0.873. The van der Waals surface area contributed by atoms with Gasteiger partial charge in [-0.1, -0.05) is 36.4 Å². The van der Waals surface area contributed by atoms with Crippen molar-refractivity contribution in [2.45, 2.75) is 26.0 Å². The Morgan fingerprint density at radius 1 is 1.10 bits per heavy atom. The van der Waals surface area contributed by atoms with Crippen molar-refractivity contribution in [2.75, 3.05) is 13.7 Å². The van der Waals surface area contributed by atoms with Gasteiger partial charge in [-0.2, -0.15) is 0 Å². The van der Waals surface area contributed by atoms with Crippen LogP contribution < -0.4 is 5.32 Å². The molecule has 1 N–H and O–H groups in total. The van der Waals surface area contributed by atoms with E-state index in [4.69, 9.17) is 4.74 Å². The van der Waals surface area contributed by atoms with Crippen LogP contribution in [0.1, 0.15) is 35.9 Å². The van der Waals surface area contributed by atoms with E-state index in [1.54, 1.807) is 0 Å². The molecule has 1 aromatic carbocycles. The van der Waals surface area contributed by atoms with Gasteiger partial charge < -0.3 is 10.1 Å². The topological polar surface area (TPSA) is 34.1 Å². The Balaban J connectivity index is 2.32. The molecule has 1 aromatic heterocycles. The Hall–Kier alpha value is -1.71. The Morgan fingerprint density at radius 3 is 2.40 bits per heavy atom. The van der Waals surface area contributed by atoms with E-state index in [-0.39, 0.29) is 12.1 Å². The molecule has 0 fully saturated rings. The molecule has 0 aliphatic heterocycles. The maximum Gasteiger partial charge on any atom is 0.102 e. The summed E-state index contributed by atoms with van der Waals surface area (Å²) in [5.41, 5.74) is 3.34. The number of likely N-dealkylation sites (N-methyl/N-ethyl adjacent to an activating group) is 1. The first-order chi connectivity index (χ1) is 9.76. The molecule has 0 bridgehead atoms. The summed E-state index contributed by atoms with van der Waals surface area (Å²) in [6, 6.07) is 14.5. The van der Waals surface area contributed by atoms with E-state index in [1.165, 1.54) is 5.56 Å². The van der Waals surface area contributed by atoms with Crippen molar-refractivity contribution >= 4 is 0 Å². The van der Waals surface area contributed by atoms with Crippen LogP contribution in [-0.4, -0.2) is 18.6 Å². The van der Waals surface area contributed by atoms with Gasteiger partial charge in [-0.05, 0) is 38.1 Å². The third-order valence-corrected chi connectivity index (χ3v) is 3.38. The van der Waals surface area contributed by atoms with Gasteiger partial charge in [0.15, 0.2) is 0 Å². The Labute approximate surface area is 121 Å². The van der Waals surface area contributed by atoms with Gasteiger partial charge in [0.05, 0.1) is 6.04 Å². The van der Waals surface area contributed by atoms with Gasteiger partial charge >= 0.3 is 0 Å². The monoisotopic (exact) mass is 270 g/mol. The van der Waals surface area contributed by atoms with Gasteiger partial charge in [-0.15, -0.1) is 0 Å². The Bertz CT molecular complexity index is 510. The van der Waals surface area contributed by atoms with Gasteiger partial charge in [-0.25, -0.2) is 0 Å². The van der Waals surface area contributed by atoms with Gasteiger partial charge in [0.1, 0.15) is 6.10 Å². The van der Waals surface area contributed by atoms with Gasteiger partial charge in [0, 0.05) is 18.5 Å². The summed E-state index contributed by atoms with van der Waals surface area (Å²) in [7, 11) is 1.96. The van der Waals surface area contributed by atoms with Crippen molar-refractivity contribution in [1.29, 1.82) is 0 Å². The number of benzene rings is 1. The standard InChI is InChI=1S/C17H22N2O/c1-4-20-17(14-8-6-5-7-9-14)16(18-3)15-11-10-13(2)19-12-15/h5-12,16-18H,4H2,1-3H3. The van der Waals surface area contributed by atoms with Crippen LogP contribution in [0.25, 0.3) is 0 Å². The minimum absolute atomic E-state index is 0.0179. The lowest BCUT2D eigenvalue weighted by Gasteiger charge is -2.27. The molecule has 0 aliphatic rings. The summed E-state index contributed by atoms with van der Waals surface area (Å²) in [6.45, 7) is 4.70. The van der Waals surface area contributed by atoms with E-state index in [9.17, 15) is 0 Å². The lowest BCUT2D eigenvalue weighted by atomic mass is 9.96. The molecule has 2 atom stereocenters. The van der Waals surface area contributed by atoms with E-state index in [2.05, 4.69) is 28.5 Å². The molecular formula is C17H22N2O. The molecule has 0 saturated carbocycles. The molecule has 0 saturated heterocycles. The molecule has 1 heterocycles. The first-order valence-corrected chi connectivity index (χ1v) is 7.02. The molecule has 3 heteroatoms. The normalized spacial score (nSPS) is 13.9. The van der Waals surface area contributed by atoms with Gasteiger partial charge in [0.2, 0.25) is 0 Å². The smallest absolute Gasteiger partial charge is 0.102 e. The predicted molar refractivity (Wildman–Crippen MR) is 81.6 cm³/mol. The first-order valence-electron chi connectivity index (χ1n) is 7.02. The average molecular weight is 270 g/mol. The second-order valence-corrected chi connectivity index (χ2v) is 4.79. The Kier molecular flexibility index (Phi) is 5.27. The van der Waals surface area contributed by atoms with Crippen molar-refractivity contribution in [2.24, 2.45) is 0 Å². The molecule has 0 aliphatic carbocycles. The van der Waals surface area contributed by atoms with Crippen LogP contribution in [0.5, 0.6) is 0 Å². The Morgan fingerprint density at radius 2 is 1.85 bits per heavy atom. The van der Waals surface area contributed by atoms with Crippen LogP contribution in [-0.2, 0) is 4.74 Å². The molecule has 0 amide bonds. The van der Waals surface area contributed by atoms with Gasteiger partial charge in [-0.3, -0.25) is 4.98 Å². The highest BCUT2D eigenvalue weighted by molar-refractivity contribution is 5.25. The maximum absolute atomic E-state index is 5.98. The number of hydrogen-bond donors (Lipinski definition) is 1. The fourth-order valence-electron chi connectivity index (χ4n) is 2.36. The lowest BCUT2D eigenvalue weighted by molar-refractivity contribution is 0.0346. The fourth-order valence-corrected chi connectivity index (χ4v) is 2.36. The molecule has 0 radical (unpaired) electrons. The SMILES string of the molecule is CCOC(c1ccccc1)C(NC)c1ccc(C)nc1. The third-order valence-electron chi connectivity index (χ3n) is 3.38. The van der Waals surface area contributed by atoms with E-state index >= 15 is 0 Å². The summed E-state index contributed by atoms with van der Waals surface area (Å²) >= 11 is 0. The van der Waals surface area contributed by atoms with Crippen LogP contribution in [0.3, 0.4) is 0 Å². The lowest BCUT2D eigenvalue weighted by Crippen LogP contribution is -2.26. The zero-order valence-corrected chi connectivity index (χ0v) is 12.3. The summed E-state index contributed by atoms with van der Waals surface area (Å²) < 4.78 is 5.98. The van der Waals surface area contributed by atoms with Crippen LogP contribution in [0.4, 0.5) is 0 Å². The van der Waals surface area contributed by atoms with E-state index in [0.29, 0.717) is 6.61 Å². The first kappa shape index (κ1) is 14.7. The molecule has 20 heavy (non-hydrogen) atoms. The second kappa shape index (κ2) is 7.17. The van der Waals surface area contributed by atoms with E-state index in [1.807, 2.05) is 51.4 Å². The number of pyridine rings is 1. The number of rotatable bonds is 6. The van der Waals surface area contributed by atoms with Gasteiger partial charge in [0.25, 0.3) is 0 Å². The largest absolute Gasteiger partial charge is 0.372 e. The average Bonchev–Trinajstić information content (AvgIpc) is 2.50. The predicted octanol–water partition coefficient (Wildman–Crippen LogP) is 3.43. The number of nitrogens with zero attached hydrogens (tertiary/aromatic N) is 1. The molecule has 2 aromatic rings. The van der Waals surface area contributed by atoms with Crippen LogP contribution in [0.2, 0.25) is 0 Å². The number of aromatic nitrogens is 1. The third kappa shape index (κ3) is 3.44. The minimum Gasteiger partial charge on any atom is -0.372 e. The van der Waals surface area contributed by atoms with Crippen molar-refractivity contribution in [3.05, 3.63) is 65.5 Å². The highest BCUT2D eigenvalue weighted by Gasteiger charge is 2.24. The van der Waals surface area contributed by atoms with Crippen LogP contribution >= 0.6 is 0 Å². The van der Waals surface area contributed by atoms with Crippen LogP contribution in [0, 0.1) is 6.92 Å². The fraction of sp³-hybridized carbons (Fsp3) is 0.353. The maximum atomic E-state index is 5.98. The second-order valence-electron chi connectivity index (χ2n) is 4.79. The van der Waals surface area contributed by atoms with Crippen molar-refractivity contribution in [1.82, 2.24) is 10.3 Å². The zero-order chi connectivity index (χ0) is 14.4. The van der Waals surface area contributed by atoms with E-state index < -0.39 is 0 Å². The van der Waals surface area contributed by atoms with Crippen molar-refractivity contribution in [3.63, 3.8) is 0 Å². The van der Waals surface area contributed by atoms with E-state index in [0.717, 1.165) is 11.3 Å². The number of ether oxygens (including phenoxy) is 1. The summed E-state index contributed by atoms with van der Waals surface area (Å²) in [5, 5.41) is 3.36. The minimum atomic E-state index is -0.0179. The van der Waals surface area contributed by atoms with Crippen molar-refractivity contribution < 1.29 is 4.74 Å². The molecule has 3 nitrogen and oxygen atoms in total. The van der Waals surface area contributed by atoms with Crippen LogP contribution in [0.15, 0.2) is 48.7 Å². The highest BCUT2D eigenvalue weighted by Crippen LogP contribution is 2.31. The highest BCUT2D eigenvalue weighted by atomic mass is 16.5. The number of hydrogen-bond acceptors (Lipinski definition) is 3. The summed E-state index contributed by atoms with van der Waals surface area (Å²) in [6.07, 6.45) is 1.90. The molecular weight excluding hydrogens is 248 g/mol. The summed E-state index contributed by atoms with van der Waals surface area (Å²) in [4.78, 5) is 4.39.